The number of hydrogen-bond donors (Lipinski definition) is 0. The number of ether oxygens (including phenoxy) is 1. The van der Waals surface area contributed by atoms with Crippen molar-refractivity contribution in [1.82, 2.24) is 0 Å². The summed E-state index contributed by atoms with van der Waals surface area (Å²) in [6.07, 6.45) is 2.95. The maximum atomic E-state index is 11.5. The second kappa shape index (κ2) is 7.52. The van der Waals surface area contributed by atoms with Gasteiger partial charge in [-0.25, -0.2) is 0 Å². The summed E-state index contributed by atoms with van der Waals surface area (Å²) < 4.78 is 34.1. The van der Waals surface area contributed by atoms with Crippen molar-refractivity contribution < 1.29 is 17.3 Å². The van der Waals surface area contributed by atoms with Crippen LogP contribution in [-0.2, 0) is 19.0 Å². The predicted molar refractivity (Wildman–Crippen MR) is 98.6 cm³/mol. The molecule has 1 saturated heterocycles. The molecule has 0 aliphatic carbocycles. The van der Waals surface area contributed by atoms with Crippen molar-refractivity contribution in [1.29, 1.82) is 0 Å². The molecule has 1 aliphatic heterocycles. The smallest absolute Gasteiger partial charge is 0.264 e. The molecule has 0 radical (unpaired) electrons. The molecular weight excluding hydrogens is 336 g/mol. The van der Waals surface area contributed by atoms with E-state index in [1.54, 1.807) is 0 Å². The van der Waals surface area contributed by atoms with E-state index in [9.17, 15) is 8.42 Å². The normalized spacial score (nSPS) is 22.9. The fourth-order valence-corrected chi connectivity index (χ4v) is 3.62. The second-order valence-electron chi connectivity index (χ2n) is 6.38. The lowest BCUT2D eigenvalue weighted by molar-refractivity contribution is -0.0116. The SMILES string of the molecule is Cc1ccc([C@H]2OC[C@@H](OS(C)(=O)=O)C/C2=C/c2ccccc2)cc1. The van der Waals surface area contributed by atoms with Gasteiger partial charge in [0.2, 0.25) is 0 Å². The molecule has 0 bridgehead atoms. The highest BCUT2D eigenvalue weighted by molar-refractivity contribution is 7.86. The second-order valence-corrected chi connectivity index (χ2v) is 7.98. The average molecular weight is 358 g/mol. The summed E-state index contributed by atoms with van der Waals surface area (Å²) in [5, 5.41) is 0. The molecule has 4 nitrogen and oxygen atoms in total. The van der Waals surface area contributed by atoms with E-state index >= 15 is 0 Å². The topological polar surface area (TPSA) is 52.6 Å². The number of benzene rings is 2. The highest BCUT2D eigenvalue weighted by atomic mass is 32.2. The molecule has 2 atom stereocenters. The molecule has 1 aliphatic rings. The first-order valence-corrected chi connectivity index (χ1v) is 10.0. The summed E-state index contributed by atoms with van der Waals surface area (Å²) in [6.45, 7) is 2.29. The van der Waals surface area contributed by atoms with Crippen molar-refractivity contribution in [3.05, 3.63) is 76.9 Å². The summed E-state index contributed by atoms with van der Waals surface area (Å²) in [6, 6.07) is 18.2. The highest BCUT2D eigenvalue weighted by Crippen LogP contribution is 2.36. The Kier molecular flexibility index (Phi) is 5.37. The molecule has 1 heterocycles. The van der Waals surface area contributed by atoms with Crippen LogP contribution < -0.4 is 0 Å². The van der Waals surface area contributed by atoms with Gasteiger partial charge in [0.25, 0.3) is 10.1 Å². The number of rotatable bonds is 4. The Bertz CT molecular complexity index is 839. The molecule has 132 valence electrons. The molecule has 0 aromatic heterocycles. The van der Waals surface area contributed by atoms with Crippen molar-refractivity contribution in [2.45, 2.75) is 25.6 Å². The van der Waals surface area contributed by atoms with Crippen LogP contribution in [0.5, 0.6) is 0 Å². The van der Waals surface area contributed by atoms with Crippen LogP contribution in [0.25, 0.3) is 6.08 Å². The van der Waals surface area contributed by atoms with Crippen LogP contribution in [0.2, 0.25) is 0 Å². The lowest BCUT2D eigenvalue weighted by atomic mass is 9.92. The van der Waals surface area contributed by atoms with E-state index in [4.69, 9.17) is 8.92 Å². The molecule has 3 rings (SSSR count). The van der Waals surface area contributed by atoms with E-state index in [0.29, 0.717) is 6.42 Å². The molecule has 5 heteroatoms. The van der Waals surface area contributed by atoms with Gasteiger partial charge in [0.05, 0.1) is 12.9 Å². The molecule has 1 fully saturated rings. The first-order valence-electron chi connectivity index (χ1n) is 8.23. The van der Waals surface area contributed by atoms with E-state index in [2.05, 4.69) is 30.3 Å². The minimum atomic E-state index is -3.51. The molecular formula is C20H22O4S. The quantitative estimate of drug-likeness (QED) is 0.778. The van der Waals surface area contributed by atoms with E-state index in [1.165, 1.54) is 5.56 Å². The van der Waals surface area contributed by atoms with Crippen LogP contribution >= 0.6 is 0 Å². The molecule has 0 spiro atoms. The van der Waals surface area contributed by atoms with E-state index in [-0.39, 0.29) is 12.7 Å². The van der Waals surface area contributed by atoms with Crippen LogP contribution in [0.3, 0.4) is 0 Å². The Morgan fingerprint density at radius 2 is 1.76 bits per heavy atom. The third-order valence-corrected chi connectivity index (χ3v) is 4.71. The summed E-state index contributed by atoms with van der Waals surface area (Å²) in [5.74, 6) is 0. The molecule has 0 N–H and O–H groups in total. The maximum Gasteiger partial charge on any atom is 0.264 e. The Labute approximate surface area is 149 Å². The minimum absolute atomic E-state index is 0.194. The molecule has 2 aromatic rings. The predicted octanol–water partition coefficient (Wildman–Crippen LogP) is 3.88. The maximum absolute atomic E-state index is 11.5. The molecule has 0 amide bonds. The molecule has 0 unspecified atom stereocenters. The van der Waals surface area contributed by atoms with Gasteiger partial charge >= 0.3 is 0 Å². The minimum Gasteiger partial charge on any atom is -0.366 e. The van der Waals surface area contributed by atoms with Crippen molar-refractivity contribution in [3.8, 4) is 0 Å². The molecule has 25 heavy (non-hydrogen) atoms. The van der Waals surface area contributed by atoms with Gasteiger partial charge in [-0.15, -0.1) is 0 Å². The Hall–Kier alpha value is -1.95. The van der Waals surface area contributed by atoms with Gasteiger partial charge in [0, 0.05) is 6.42 Å². The van der Waals surface area contributed by atoms with Gasteiger partial charge in [0.15, 0.2) is 0 Å². The average Bonchev–Trinajstić information content (AvgIpc) is 2.56. The van der Waals surface area contributed by atoms with Crippen LogP contribution in [0, 0.1) is 6.92 Å². The highest BCUT2D eigenvalue weighted by Gasteiger charge is 2.30. The van der Waals surface area contributed by atoms with Crippen molar-refractivity contribution in [3.63, 3.8) is 0 Å². The Morgan fingerprint density at radius 3 is 2.40 bits per heavy atom. The van der Waals surface area contributed by atoms with Crippen LogP contribution in [-0.4, -0.2) is 27.4 Å². The van der Waals surface area contributed by atoms with E-state index in [0.717, 1.165) is 23.0 Å². The summed E-state index contributed by atoms with van der Waals surface area (Å²) in [4.78, 5) is 0. The van der Waals surface area contributed by atoms with Crippen LogP contribution in [0.4, 0.5) is 0 Å². The number of aryl methyl sites for hydroxylation is 1. The van der Waals surface area contributed by atoms with Gasteiger partial charge in [-0.2, -0.15) is 8.42 Å². The van der Waals surface area contributed by atoms with Crippen LogP contribution in [0.1, 0.15) is 29.2 Å². The monoisotopic (exact) mass is 358 g/mol. The lowest BCUT2D eigenvalue weighted by Gasteiger charge is -2.31. The van der Waals surface area contributed by atoms with Gasteiger partial charge < -0.3 is 4.74 Å². The Balaban J connectivity index is 1.91. The summed E-state index contributed by atoms with van der Waals surface area (Å²) in [5.41, 5.74) is 4.31. The van der Waals surface area contributed by atoms with Gasteiger partial charge in [0.1, 0.15) is 12.2 Å². The van der Waals surface area contributed by atoms with Gasteiger partial charge in [-0.3, -0.25) is 4.18 Å². The zero-order valence-corrected chi connectivity index (χ0v) is 15.2. The van der Waals surface area contributed by atoms with Gasteiger partial charge in [-0.05, 0) is 23.6 Å². The Morgan fingerprint density at radius 1 is 1.08 bits per heavy atom. The zero-order valence-electron chi connectivity index (χ0n) is 14.4. The zero-order chi connectivity index (χ0) is 17.9. The van der Waals surface area contributed by atoms with Crippen molar-refractivity contribution in [2.24, 2.45) is 0 Å². The largest absolute Gasteiger partial charge is 0.366 e. The first kappa shape index (κ1) is 17.9. The molecule has 2 aromatic carbocycles. The summed E-state index contributed by atoms with van der Waals surface area (Å²) in [7, 11) is -3.51. The third kappa shape index (κ3) is 5.01. The number of hydrogen-bond acceptors (Lipinski definition) is 4. The third-order valence-electron chi connectivity index (χ3n) is 4.09. The standard InChI is InChI=1S/C20H22O4S/c1-15-8-10-17(11-9-15)20-18(12-16-6-4-3-5-7-16)13-19(14-23-20)24-25(2,21)22/h3-12,19-20H,13-14H2,1-2H3/b18-12-/t19-,20+/m0/s1. The fourth-order valence-electron chi connectivity index (χ4n) is 3.00. The van der Waals surface area contributed by atoms with Crippen LogP contribution in [0.15, 0.2) is 60.2 Å². The van der Waals surface area contributed by atoms with E-state index in [1.807, 2.05) is 37.3 Å². The van der Waals surface area contributed by atoms with Gasteiger partial charge in [-0.1, -0.05) is 66.2 Å². The first-order chi connectivity index (χ1) is 11.9. The fraction of sp³-hybridized carbons (Fsp3) is 0.300. The lowest BCUT2D eigenvalue weighted by Crippen LogP contribution is -2.31. The summed E-state index contributed by atoms with van der Waals surface area (Å²) >= 11 is 0. The van der Waals surface area contributed by atoms with Crippen molar-refractivity contribution >= 4 is 16.2 Å². The van der Waals surface area contributed by atoms with E-state index < -0.39 is 16.2 Å². The molecule has 0 saturated carbocycles. The van der Waals surface area contributed by atoms with Crippen molar-refractivity contribution in [2.75, 3.05) is 12.9 Å².